The van der Waals surface area contributed by atoms with Crippen LogP contribution < -0.4 is 16.0 Å². The fourth-order valence-electron chi connectivity index (χ4n) is 5.39. The highest BCUT2D eigenvalue weighted by molar-refractivity contribution is 7.14. The first-order valence-corrected chi connectivity index (χ1v) is 14.1. The Labute approximate surface area is 227 Å². The van der Waals surface area contributed by atoms with Crippen LogP contribution in [0.1, 0.15) is 30.6 Å². The number of nitrogens with one attached hydrogen (secondary N) is 1. The summed E-state index contributed by atoms with van der Waals surface area (Å²) in [6.45, 7) is 8.17. The van der Waals surface area contributed by atoms with Crippen molar-refractivity contribution >= 4 is 34.1 Å². The van der Waals surface area contributed by atoms with Gasteiger partial charge in [-0.3, -0.25) is 14.4 Å². The highest BCUT2D eigenvalue weighted by Crippen LogP contribution is 2.29. The van der Waals surface area contributed by atoms with Crippen LogP contribution in [-0.4, -0.2) is 103 Å². The maximum absolute atomic E-state index is 13.5. The number of nitrogens with two attached hydrogens (primary N) is 1. The molecular formula is C27H36N6O4S. The van der Waals surface area contributed by atoms with Crippen LogP contribution in [0.2, 0.25) is 0 Å². The van der Waals surface area contributed by atoms with E-state index in [-0.39, 0.29) is 36.7 Å². The molecule has 2 aromatic rings. The Balaban J connectivity index is 1.26. The summed E-state index contributed by atoms with van der Waals surface area (Å²) < 4.78 is 5.52. The largest absolute Gasteiger partial charge is 0.366 e. The number of aromatic nitrogens is 1. The van der Waals surface area contributed by atoms with Gasteiger partial charge in [-0.1, -0.05) is 26.0 Å². The van der Waals surface area contributed by atoms with E-state index in [2.05, 4.69) is 22.2 Å². The first-order chi connectivity index (χ1) is 18.2. The minimum absolute atomic E-state index is 0.0315. The van der Waals surface area contributed by atoms with Crippen molar-refractivity contribution in [2.75, 3.05) is 51.3 Å². The zero-order valence-corrected chi connectivity index (χ0v) is 22.9. The summed E-state index contributed by atoms with van der Waals surface area (Å²) in [5, 5.41) is 5.97. The zero-order valence-electron chi connectivity index (χ0n) is 22.1. The van der Waals surface area contributed by atoms with Crippen molar-refractivity contribution in [1.29, 1.82) is 0 Å². The first-order valence-electron chi connectivity index (χ1n) is 13.2. The number of hydrogen-bond donors (Lipinski definition) is 2. The number of ketones is 1. The lowest BCUT2D eigenvalue weighted by atomic mass is 10.0. The molecule has 38 heavy (non-hydrogen) atoms. The number of carbonyl (C=O) groups excluding carboxylic acids is 3. The number of rotatable bonds is 7. The number of benzene rings is 1. The summed E-state index contributed by atoms with van der Waals surface area (Å²) in [6.07, 6.45) is -0.0220. The summed E-state index contributed by atoms with van der Waals surface area (Å²) in [6, 6.07) is 5.44. The van der Waals surface area contributed by atoms with E-state index < -0.39 is 24.2 Å². The van der Waals surface area contributed by atoms with Gasteiger partial charge in [-0.2, -0.15) is 0 Å². The SMILES string of the molecule is CC(C)C[C@H](NC(=O)c1ccc(-c2csc(N3CCN(C)CC3)n2)cc1)C(=O)N1C[C@H](N)[C@@H]2OCC(=O)[C@H]21. The van der Waals surface area contributed by atoms with Crippen molar-refractivity contribution in [1.82, 2.24) is 20.1 Å². The number of fused-ring (bicyclic) bond motifs is 1. The molecule has 3 aliphatic heterocycles. The lowest BCUT2D eigenvalue weighted by molar-refractivity contribution is -0.138. The Morgan fingerprint density at radius 2 is 1.89 bits per heavy atom. The van der Waals surface area contributed by atoms with E-state index in [4.69, 9.17) is 15.5 Å². The number of likely N-dealkylation sites (tertiary alicyclic amines) is 1. The standard InChI is InChI=1S/C27H36N6O4S/c1-16(2)12-20(26(36)33-13-19(28)24-23(33)22(34)14-37-24)29-25(35)18-6-4-17(5-7-18)21-15-38-27(30-21)32-10-8-31(3)9-11-32/h4-7,15-16,19-20,23-24H,8-14,28H2,1-3H3,(H,29,35)/t19-,20-,23+,24-/m0/s1. The van der Waals surface area contributed by atoms with Crippen LogP contribution >= 0.6 is 11.3 Å². The molecule has 5 rings (SSSR count). The van der Waals surface area contributed by atoms with E-state index in [1.54, 1.807) is 23.5 Å². The fourth-order valence-corrected chi connectivity index (χ4v) is 6.27. The van der Waals surface area contributed by atoms with Crippen LogP contribution in [0.25, 0.3) is 11.3 Å². The molecule has 11 heteroatoms. The number of anilines is 1. The Morgan fingerprint density at radius 3 is 2.58 bits per heavy atom. The Bertz CT molecular complexity index is 1180. The molecule has 4 heterocycles. The van der Waals surface area contributed by atoms with Gasteiger partial charge in [0.25, 0.3) is 5.91 Å². The summed E-state index contributed by atoms with van der Waals surface area (Å²) in [5.74, 6) is -0.599. The number of ether oxygens (including phenoxy) is 1. The number of carbonyl (C=O) groups is 3. The highest BCUT2D eigenvalue weighted by atomic mass is 32.1. The predicted octanol–water partition coefficient (Wildman–Crippen LogP) is 1.21. The quantitative estimate of drug-likeness (QED) is 0.538. The Morgan fingerprint density at radius 1 is 1.18 bits per heavy atom. The van der Waals surface area contributed by atoms with Crippen molar-refractivity contribution in [3.05, 3.63) is 35.2 Å². The van der Waals surface area contributed by atoms with Crippen molar-refractivity contribution in [3.63, 3.8) is 0 Å². The monoisotopic (exact) mass is 540 g/mol. The molecule has 0 bridgehead atoms. The van der Waals surface area contributed by atoms with Gasteiger partial charge in [0, 0.05) is 49.2 Å². The van der Waals surface area contributed by atoms with Crippen molar-refractivity contribution in [3.8, 4) is 11.3 Å². The Hall–Kier alpha value is -2.86. The topological polar surface area (TPSA) is 121 Å². The van der Waals surface area contributed by atoms with Gasteiger partial charge >= 0.3 is 0 Å². The van der Waals surface area contributed by atoms with Crippen molar-refractivity contribution < 1.29 is 19.1 Å². The molecule has 10 nitrogen and oxygen atoms in total. The average Bonchev–Trinajstić information content (AvgIpc) is 3.62. The van der Waals surface area contributed by atoms with Gasteiger partial charge in [0.05, 0.1) is 11.7 Å². The second-order valence-corrected chi connectivity index (χ2v) is 11.7. The van der Waals surface area contributed by atoms with Crippen molar-refractivity contribution in [2.45, 2.75) is 44.5 Å². The summed E-state index contributed by atoms with van der Waals surface area (Å²) in [4.78, 5) is 50.0. The van der Waals surface area contributed by atoms with Gasteiger partial charge in [-0.25, -0.2) is 4.98 Å². The van der Waals surface area contributed by atoms with Gasteiger partial charge in [0.15, 0.2) is 10.9 Å². The molecular weight excluding hydrogens is 504 g/mol. The van der Waals surface area contributed by atoms with Gasteiger partial charge in [0.2, 0.25) is 5.91 Å². The molecule has 1 aromatic heterocycles. The van der Waals surface area contributed by atoms with Gasteiger partial charge in [-0.05, 0) is 31.5 Å². The number of Topliss-reactive ketones (excluding diaryl/α,β-unsaturated/α-hetero) is 1. The van der Waals surface area contributed by atoms with Crippen LogP contribution in [0.15, 0.2) is 29.6 Å². The third kappa shape index (κ3) is 5.47. The minimum Gasteiger partial charge on any atom is -0.366 e. The van der Waals surface area contributed by atoms with E-state index in [9.17, 15) is 14.4 Å². The second-order valence-electron chi connectivity index (χ2n) is 10.9. The molecule has 0 radical (unpaired) electrons. The predicted molar refractivity (Wildman–Crippen MR) is 146 cm³/mol. The maximum atomic E-state index is 13.5. The average molecular weight is 541 g/mol. The van der Waals surface area contributed by atoms with Crippen LogP contribution in [0.4, 0.5) is 5.13 Å². The van der Waals surface area contributed by atoms with Gasteiger partial charge in [0.1, 0.15) is 24.8 Å². The van der Waals surface area contributed by atoms with Gasteiger partial charge in [-0.15, -0.1) is 11.3 Å². The van der Waals surface area contributed by atoms with Crippen LogP contribution in [-0.2, 0) is 14.3 Å². The maximum Gasteiger partial charge on any atom is 0.251 e. The lowest BCUT2D eigenvalue weighted by Gasteiger charge is -2.32. The first kappa shape index (κ1) is 26.7. The third-order valence-corrected chi connectivity index (χ3v) is 8.43. The number of piperazine rings is 1. The normalized spacial score (nSPS) is 24.7. The van der Waals surface area contributed by atoms with Crippen molar-refractivity contribution in [2.24, 2.45) is 11.7 Å². The van der Waals surface area contributed by atoms with E-state index in [0.717, 1.165) is 42.6 Å². The molecule has 4 atom stereocenters. The molecule has 0 saturated carbocycles. The second kappa shape index (κ2) is 11.1. The number of thiazole rings is 1. The molecule has 2 amide bonds. The number of nitrogens with zero attached hydrogens (tertiary/aromatic N) is 4. The summed E-state index contributed by atoms with van der Waals surface area (Å²) in [7, 11) is 2.13. The molecule has 3 fully saturated rings. The van der Waals surface area contributed by atoms with E-state index in [1.165, 1.54) is 4.90 Å². The smallest absolute Gasteiger partial charge is 0.251 e. The molecule has 3 aliphatic rings. The van der Waals surface area contributed by atoms with E-state index in [0.29, 0.717) is 12.0 Å². The molecule has 0 aliphatic carbocycles. The Kier molecular flexibility index (Phi) is 7.80. The molecule has 1 aromatic carbocycles. The minimum atomic E-state index is -0.758. The van der Waals surface area contributed by atoms with E-state index >= 15 is 0 Å². The highest BCUT2D eigenvalue weighted by Gasteiger charge is 2.52. The zero-order chi connectivity index (χ0) is 27.0. The number of hydrogen-bond acceptors (Lipinski definition) is 9. The molecule has 3 saturated heterocycles. The van der Waals surface area contributed by atoms with Crippen LogP contribution in [0.3, 0.4) is 0 Å². The number of amides is 2. The molecule has 0 unspecified atom stereocenters. The fraction of sp³-hybridized carbons (Fsp3) is 0.556. The molecule has 3 N–H and O–H groups in total. The summed E-state index contributed by atoms with van der Waals surface area (Å²) in [5.41, 5.74) is 8.42. The van der Waals surface area contributed by atoms with Crippen LogP contribution in [0.5, 0.6) is 0 Å². The molecule has 0 spiro atoms. The van der Waals surface area contributed by atoms with Gasteiger partial charge < -0.3 is 30.5 Å². The third-order valence-electron chi connectivity index (χ3n) is 7.53. The summed E-state index contributed by atoms with van der Waals surface area (Å²) >= 11 is 1.63. The molecule has 204 valence electrons. The van der Waals surface area contributed by atoms with Crippen LogP contribution in [0, 0.1) is 5.92 Å². The lowest BCUT2D eigenvalue weighted by Crippen LogP contribution is -2.52. The van der Waals surface area contributed by atoms with E-state index in [1.807, 2.05) is 31.4 Å². The number of likely N-dealkylation sites (N-methyl/N-ethyl adjacent to an activating group) is 1.